The number of thiazole rings is 1. The van der Waals surface area contributed by atoms with Crippen LogP contribution >= 0.6 is 34.4 Å². The lowest BCUT2D eigenvalue weighted by Crippen LogP contribution is -2.12. The number of benzene rings is 2. The number of hydrogen-bond donors (Lipinski definition) is 1. The molecule has 0 fully saturated rings. The predicted molar refractivity (Wildman–Crippen MR) is 135 cm³/mol. The average Bonchev–Trinajstić information content (AvgIpc) is 3.35. The van der Waals surface area contributed by atoms with Crippen LogP contribution in [0.5, 0.6) is 0 Å². The molecule has 0 spiro atoms. The second-order valence-corrected chi connectivity index (χ2v) is 11.2. The molecular weight excluding hydrogens is 440 g/mol. The van der Waals surface area contributed by atoms with Gasteiger partial charge in [-0.05, 0) is 62.4 Å². The van der Waals surface area contributed by atoms with Crippen molar-refractivity contribution in [2.45, 2.75) is 43.9 Å². The van der Waals surface area contributed by atoms with Crippen LogP contribution in [0.4, 0.5) is 5.00 Å². The molecule has 1 N–H and O–H groups in total. The Hall–Kier alpha value is -2.15. The number of anilines is 1. The first kappa shape index (κ1) is 20.7. The average molecular weight is 465 g/mol. The quantitative estimate of drug-likeness (QED) is 0.304. The Bertz CT molecular complexity index is 1190. The summed E-state index contributed by atoms with van der Waals surface area (Å²) in [5.41, 5.74) is 4.86. The van der Waals surface area contributed by atoms with E-state index in [9.17, 15) is 4.79 Å². The SMILES string of the molecule is Cc1ccc(SCCC(=O)Nc2sc3c(c2-c2nc4ccccc4s2)CCCC3)cc1. The number of thioether (sulfide) groups is 1. The summed E-state index contributed by atoms with van der Waals surface area (Å²) in [6.45, 7) is 2.09. The van der Waals surface area contributed by atoms with E-state index < -0.39 is 0 Å². The third-order valence-electron chi connectivity index (χ3n) is 5.55. The molecule has 6 heteroatoms. The van der Waals surface area contributed by atoms with Gasteiger partial charge in [0.25, 0.3) is 0 Å². The number of carbonyl (C=O) groups excluding carboxylic acids is 1. The third-order valence-corrected chi connectivity index (χ3v) is 8.83. The van der Waals surface area contributed by atoms with Crippen LogP contribution in [0.15, 0.2) is 53.4 Å². The fourth-order valence-electron chi connectivity index (χ4n) is 3.94. The minimum atomic E-state index is 0.0839. The fraction of sp³-hybridized carbons (Fsp3) is 0.280. The van der Waals surface area contributed by atoms with E-state index >= 15 is 0 Å². The molecule has 0 saturated carbocycles. The first-order chi connectivity index (χ1) is 15.2. The molecule has 0 saturated heterocycles. The van der Waals surface area contributed by atoms with E-state index in [0.29, 0.717) is 6.42 Å². The maximum absolute atomic E-state index is 12.8. The molecule has 1 amide bonds. The largest absolute Gasteiger partial charge is 0.317 e. The number of rotatable bonds is 6. The fourth-order valence-corrected chi connectivity index (χ4v) is 7.21. The number of nitrogens with zero attached hydrogens (tertiary/aromatic N) is 1. The van der Waals surface area contributed by atoms with Crippen LogP contribution in [0.25, 0.3) is 20.8 Å². The van der Waals surface area contributed by atoms with Gasteiger partial charge in [-0.25, -0.2) is 4.98 Å². The second kappa shape index (κ2) is 9.15. The molecule has 5 rings (SSSR count). The highest BCUT2D eigenvalue weighted by molar-refractivity contribution is 7.99. The van der Waals surface area contributed by atoms with Crippen molar-refractivity contribution in [1.82, 2.24) is 4.98 Å². The van der Waals surface area contributed by atoms with Gasteiger partial charge < -0.3 is 5.32 Å². The van der Waals surface area contributed by atoms with Crippen molar-refractivity contribution in [3.05, 3.63) is 64.5 Å². The Labute approximate surface area is 194 Å². The van der Waals surface area contributed by atoms with Gasteiger partial charge >= 0.3 is 0 Å². The minimum Gasteiger partial charge on any atom is -0.317 e. The van der Waals surface area contributed by atoms with Crippen LogP contribution in [-0.2, 0) is 17.6 Å². The Kier molecular flexibility index (Phi) is 6.12. The number of aromatic nitrogens is 1. The molecule has 158 valence electrons. The van der Waals surface area contributed by atoms with Crippen molar-refractivity contribution in [2.75, 3.05) is 11.1 Å². The number of carbonyl (C=O) groups is 1. The van der Waals surface area contributed by atoms with E-state index in [1.54, 1.807) is 34.4 Å². The molecule has 2 aromatic carbocycles. The molecule has 1 aliphatic carbocycles. The first-order valence-corrected chi connectivity index (χ1v) is 13.3. The summed E-state index contributed by atoms with van der Waals surface area (Å²) in [6, 6.07) is 16.7. The van der Waals surface area contributed by atoms with E-state index in [4.69, 9.17) is 4.98 Å². The molecule has 4 aromatic rings. The summed E-state index contributed by atoms with van der Waals surface area (Å²) >= 11 is 5.21. The number of nitrogens with one attached hydrogen (secondary N) is 1. The maximum Gasteiger partial charge on any atom is 0.225 e. The maximum atomic E-state index is 12.8. The van der Waals surface area contributed by atoms with Gasteiger partial charge in [0.2, 0.25) is 5.91 Å². The Morgan fingerprint density at radius 1 is 1.06 bits per heavy atom. The Morgan fingerprint density at radius 2 is 1.87 bits per heavy atom. The number of fused-ring (bicyclic) bond motifs is 2. The zero-order valence-corrected chi connectivity index (χ0v) is 19.9. The van der Waals surface area contributed by atoms with Crippen molar-refractivity contribution >= 4 is 55.6 Å². The summed E-state index contributed by atoms with van der Waals surface area (Å²) in [5, 5.41) is 5.25. The van der Waals surface area contributed by atoms with E-state index in [0.717, 1.165) is 34.1 Å². The van der Waals surface area contributed by atoms with Crippen molar-refractivity contribution in [3.63, 3.8) is 0 Å². The van der Waals surface area contributed by atoms with E-state index in [1.807, 2.05) is 6.07 Å². The lowest BCUT2D eigenvalue weighted by molar-refractivity contribution is -0.115. The van der Waals surface area contributed by atoms with Crippen molar-refractivity contribution < 1.29 is 4.79 Å². The molecule has 3 nitrogen and oxygen atoms in total. The molecule has 0 radical (unpaired) electrons. The van der Waals surface area contributed by atoms with Crippen LogP contribution in [-0.4, -0.2) is 16.6 Å². The van der Waals surface area contributed by atoms with Crippen molar-refractivity contribution in [1.29, 1.82) is 0 Å². The molecule has 2 heterocycles. The van der Waals surface area contributed by atoms with Gasteiger partial charge in [0.15, 0.2) is 0 Å². The second-order valence-electron chi connectivity index (χ2n) is 7.86. The zero-order chi connectivity index (χ0) is 21.2. The van der Waals surface area contributed by atoms with E-state index in [2.05, 4.69) is 54.7 Å². The Balaban J connectivity index is 1.35. The smallest absolute Gasteiger partial charge is 0.225 e. The van der Waals surface area contributed by atoms with Crippen molar-refractivity contribution in [2.24, 2.45) is 0 Å². The van der Waals surface area contributed by atoms with Crippen LogP contribution in [0, 0.1) is 6.92 Å². The number of thiophene rings is 1. The lowest BCUT2D eigenvalue weighted by Gasteiger charge is -2.11. The molecule has 0 atom stereocenters. The normalized spacial score (nSPS) is 13.3. The summed E-state index contributed by atoms with van der Waals surface area (Å²) in [6.07, 6.45) is 5.13. The highest BCUT2D eigenvalue weighted by Gasteiger charge is 2.25. The highest BCUT2D eigenvalue weighted by atomic mass is 32.2. The topological polar surface area (TPSA) is 42.0 Å². The number of aryl methyl sites for hydroxylation is 2. The summed E-state index contributed by atoms with van der Waals surface area (Å²) in [5.74, 6) is 0.858. The molecule has 0 aliphatic heterocycles. The number of amides is 1. The number of para-hydroxylation sites is 1. The lowest BCUT2D eigenvalue weighted by atomic mass is 9.96. The molecule has 31 heavy (non-hydrogen) atoms. The zero-order valence-electron chi connectivity index (χ0n) is 17.4. The van der Waals surface area contributed by atoms with Gasteiger partial charge in [0.1, 0.15) is 10.0 Å². The third kappa shape index (κ3) is 4.56. The van der Waals surface area contributed by atoms with Crippen LogP contribution in [0.2, 0.25) is 0 Å². The summed E-state index contributed by atoms with van der Waals surface area (Å²) < 4.78 is 1.19. The molecule has 1 aliphatic rings. The van der Waals surface area contributed by atoms with Gasteiger partial charge in [-0.1, -0.05) is 29.8 Å². The molecule has 2 aromatic heterocycles. The van der Waals surface area contributed by atoms with Gasteiger partial charge in [-0.2, -0.15) is 0 Å². The highest BCUT2D eigenvalue weighted by Crippen LogP contribution is 2.46. The van der Waals surface area contributed by atoms with Crippen molar-refractivity contribution in [3.8, 4) is 10.6 Å². The summed E-state index contributed by atoms with van der Waals surface area (Å²) in [7, 11) is 0. The molecular formula is C25H24N2OS3. The predicted octanol–water partition coefficient (Wildman–Crippen LogP) is 7.33. The van der Waals surface area contributed by atoms with E-state index in [-0.39, 0.29) is 5.91 Å². The first-order valence-electron chi connectivity index (χ1n) is 10.7. The summed E-state index contributed by atoms with van der Waals surface area (Å²) in [4.78, 5) is 20.3. The Morgan fingerprint density at radius 3 is 2.71 bits per heavy atom. The number of hydrogen-bond acceptors (Lipinski definition) is 5. The van der Waals surface area contributed by atoms with Crippen LogP contribution < -0.4 is 5.32 Å². The monoisotopic (exact) mass is 464 g/mol. The van der Waals surface area contributed by atoms with Gasteiger partial charge in [-0.3, -0.25) is 4.79 Å². The standard InChI is InChI=1S/C25H24N2OS3/c1-16-10-12-17(13-11-16)29-15-14-22(28)27-25-23(18-6-2-4-8-20(18)30-25)24-26-19-7-3-5-9-21(19)31-24/h3,5,7,9-13H,2,4,6,8,14-15H2,1H3,(H,27,28). The van der Waals surface area contributed by atoms with E-state index in [1.165, 1.54) is 44.0 Å². The molecule has 0 bridgehead atoms. The van der Waals surface area contributed by atoms with Gasteiger partial charge in [0.05, 0.1) is 10.2 Å². The minimum absolute atomic E-state index is 0.0839. The van der Waals surface area contributed by atoms with Crippen LogP contribution in [0.3, 0.4) is 0 Å². The van der Waals surface area contributed by atoms with Gasteiger partial charge in [-0.15, -0.1) is 34.4 Å². The van der Waals surface area contributed by atoms with Crippen LogP contribution in [0.1, 0.15) is 35.3 Å². The molecule has 0 unspecified atom stereocenters. The van der Waals surface area contributed by atoms with Gasteiger partial charge in [0, 0.05) is 27.5 Å².